The Morgan fingerprint density at radius 1 is 0.917 bits per heavy atom. The van der Waals surface area contributed by atoms with Crippen molar-refractivity contribution < 1.29 is 0 Å². The van der Waals surface area contributed by atoms with E-state index in [1.165, 1.54) is 35.2 Å². The number of benzene rings is 2. The quantitative estimate of drug-likeness (QED) is 0.261. The van der Waals surface area contributed by atoms with E-state index in [1.54, 1.807) is 12.3 Å². The lowest BCUT2D eigenvalue weighted by molar-refractivity contribution is 0.395. The van der Waals surface area contributed by atoms with Crippen molar-refractivity contribution in [1.82, 2.24) is 9.88 Å². The van der Waals surface area contributed by atoms with Crippen LogP contribution < -0.4 is 10.6 Å². The smallest absolute Gasteiger partial charge is 0.125 e. The highest BCUT2D eigenvalue weighted by Crippen LogP contribution is 2.23. The van der Waals surface area contributed by atoms with E-state index in [4.69, 9.17) is 23.2 Å². The van der Waals surface area contributed by atoms with Crippen LogP contribution in [0.5, 0.6) is 0 Å². The molecule has 0 radical (unpaired) electrons. The first-order chi connectivity index (χ1) is 17.4. The first-order valence-electron chi connectivity index (χ1n) is 12.7. The van der Waals surface area contributed by atoms with E-state index in [9.17, 15) is 0 Å². The van der Waals surface area contributed by atoms with Crippen molar-refractivity contribution in [3.05, 3.63) is 93.6 Å². The van der Waals surface area contributed by atoms with Crippen LogP contribution in [-0.2, 0) is 6.54 Å². The summed E-state index contributed by atoms with van der Waals surface area (Å²) in [5, 5.41) is 7.83. The molecule has 3 aromatic rings. The molecule has 0 aliphatic rings. The molecular formula is C30H40Cl2N4. The van der Waals surface area contributed by atoms with Crippen LogP contribution in [0.3, 0.4) is 0 Å². The summed E-state index contributed by atoms with van der Waals surface area (Å²) in [6, 6.07) is 18.5. The Labute approximate surface area is 227 Å². The molecule has 0 bridgehead atoms. The molecule has 0 atom stereocenters. The molecule has 0 spiro atoms. The molecule has 2 N–H and O–H groups in total. The Kier molecular flexibility index (Phi) is 13.2. The number of aromatic nitrogens is 1. The fourth-order valence-electron chi connectivity index (χ4n) is 3.86. The third-order valence-corrected chi connectivity index (χ3v) is 6.09. The molecule has 6 heteroatoms. The van der Waals surface area contributed by atoms with Gasteiger partial charge in [-0.05, 0) is 73.2 Å². The van der Waals surface area contributed by atoms with Gasteiger partial charge in [0.25, 0.3) is 0 Å². The van der Waals surface area contributed by atoms with Gasteiger partial charge in [-0.25, -0.2) is 4.98 Å². The van der Waals surface area contributed by atoms with Crippen LogP contribution in [0.4, 0.5) is 11.5 Å². The summed E-state index contributed by atoms with van der Waals surface area (Å²) in [6.07, 6.45) is 7.36. The Hall–Kier alpha value is -2.69. The highest BCUT2D eigenvalue weighted by Gasteiger charge is 2.10. The van der Waals surface area contributed by atoms with Crippen LogP contribution >= 0.6 is 23.2 Å². The van der Waals surface area contributed by atoms with Gasteiger partial charge in [-0.1, -0.05) is 74.3 Å². The maximum atomic E-state index is 6.04. The first kappa shape index (κ1) is 29.5. The zero-order chi connectivity index (χ0) is 26.3. The minimum absolute atomic E-state index is 0.661. The normalized spacial score (nSPS) is 10.9. The van der Waals surface area contributed by atoms with Crippen LogP contribution in [-0.4, -0.2) is 30.0 Å². The molecule has 0 aliphatic carbocycles. The van der Waals surface area contributed by atoms with Crippen molar-refractivity contribution in [1.29, 1.82) is 0 Å². The summed E-state index contributed by atoms with van der Waals surface area (Å²) in [5.74, 6) is 0.833. The Morgan fingerprint density at radius 3 is 2.11 bits per heavy atom. The van der Waals surface area contributed by atoms with Gasteiger partial charge in [-0.15, -0.1) is 0 Å². The van der Waals surface area contributed by atoms with Crippen molar-refractivity contribution in [3.8, 4) is 0 Å². The van der Waals surface area contributed by atoms with E-state index >= 15 is 0 Å². The SMILES string of the molecule is CC/C=C(\c1ccc(CNc2ccc(Cl)cc2C)cc1)N(CCC)CCC.CNc1ccc(Cl)cn1. The maximum Gasteiger partial charge on any atom is 0.125 e. The van der Waals surface area contributed by atoms with Crippen molar-refractivity contribution >= 4 is 40.4 Å². The summed E-state index contributed by atoms with van der Waals surface area (Å²) in [4.78, 5) is 6.48. The largest absolute Gasteiger partial charge is 0.381 e. The lowest BCUT2D eigenvalue weighted by atomic mass is 10.1. The molecule has 0 amide bonds. The second-order valence-corrected chi connectivity index (χ2v) is 9.48. The molecule has 1 aromatic heterocycles. The first-order valence-corrected chi connectivity index (χ1v) is 13.5. The molecule has 3 rings (SSSR count). The van der Waals surface area contributed by atoms with E-state index in [0.29, 0.717) is 5.02 Å². The van der Waals surface area contributed by atoms with Gasteiger partial charge in [-0.2, -0.15) is 0 Å². The third-order valence-electron chi connectivity index (χ3n) is 5.63. The average molecular weight is 528 g/mol. The Balaban J connectivity index is 0.000000425. The summed E-state index contributed by atoms with van der Waals surface area (Å²) < 4.78 is 0. The van der Waals surface area contributed by atoms with E-state index < -0.39 is 0 Å². The number of nitrogens with zero attached hydrogens (tertiary/aromatic N) is 2. The van der Waals surface area contributed by atoms with Crippen molar-refractivity contribution in [2.75, 3.05) is 30.8 Å². The van der Waals surface area contributed by atoms with E-state index in [1.807, 2.05) is 31.3 Å². The van der Waals surface area contributed by atoms with Crippen molar-refractivity contribution in [2.45, 2.75) is 53.5 Å². The lowest BCUT2D eigenvalue weighted by Gasteiger charge is -2.27. The van der Waals surface area contributed by atoms with Gasteiger partial charge in [0.2, 0.25) is 0 Å². The van der Waals surface area contributed by atoms with Gasteiger partial charge in [0.15, 0.2) is 0 Å². The van der Waals surface area contributed by atoms with Crippen LogP contribution in [0.1, 0.15) is 56.7 Å². The number of hydrogen-bond donors (Lipinski definition) is 2. The number of aryl methyl sites for hydroxylation is 1. The summed E-state index contributed by atoms with van der Waals surface area (Å²) >= 11 is 11.6. The predicted octanol–water partition coefficient (Wildman–Crippen LogP) is 8.91. The molecule has 0 unspecified atom stereocenters. The lowest BCUT2D eigenvalue weighted by Crippen LogP contribution is -2.24. The molecule has 194 valence electrons. The third kappa shape index (κ3) is 9.75. The van der Waals surface area contributed by atoms with Crippen LogP contribution in [0, 0.1) is 6.92 Å². The standard InChI is InChI=1S/C24H33ClN2.C6H7ClN2/c1-5-8-24(27(15-6-2)16-7-3)21-11-9-20(10-12-21)18-26-23-14-13-22(25)17-19(23)4;1-8-6-3-2-5(7)4-9-6/h8-14,17,26H,5-7,15-16,18H2,1-4H3;2-4H,1H3,(H,8,9)/b24-8+;. The summed E-state index contributed by atoms with van der Waals surface area (Å²) in [5.41, 5.74) is 6.26. The number of rotatable bonds is 11. The second kappa shape index (κ2) is 16.1. The van der Waals surface area contributed by atoms with Gasteiger partial charge in [-0.3, -0.25) is 0 Å². The molecule has 1 heterocycles. The fourth-order valence-corrected chi connectivity index (χ4v) is 4.19. The zero-order valence-electron chi connectivity index (χ0n) is 22.2. The second-order valence-electron chi connectivity index (χ2n) is 8.61. The Morgan fingerprint density at radius 2 is 1.58 bits per heavy atom. The molecule has 36 heavy (non-hydrogen) atoms. The number of hydrogen-bond acceptors (Lipinski definition) is 4. The highest BCUT2D eigenvalue weighted by atomic mass is 35.5. The van der Waals surface area contributed by atoms with Crippen molar-refractivity contribution in [3.63, 3.8) is 0 Å². The number of allylic oxidation sites excluding steroid dienone is 1. The van der Waals surface area contributed by atoms with Crippen LogP contribution in [0.25, 0.3) is 5.70 Å². The van der Waals surface area contributed by atoms with Gasteiger partial charge in [0, 0.05) is 49.3 Å². The maximum absolute atomic E-state index is 6.04. The van der Waals surface area contributed by atoms with Crippen LogP contribution in [0.15, 0.2) is 66.9 Å². The van der Waals surface area contributed by atoms with Crippen LogP contribution in [0.2, 0.25) is 10.0 Å². The monoisotopic (exact) mass is 526 g/mol. The Bertz CT molecular complexity index is 1060. The molecule has 0 saturated heterocycles. The van der Waals surface area contributed by atoms with E-state index in [-0.39, 0.29) is 0 Å². The van der Waals surface area contributed by atoms with E-state index in [2.05, 4.69) is 78.6 Å². The molecule has 2 aromatic carbocycles. The topological polar surface area (TPSA) is 40.2 Å². The van der Waals surface area contributed by atoms with Gasteiger partial charge < -0.3 is 15.5 Å². The average Bonchev–Trinajstić information content (AvgIpc) is 2.88. The minimum Gasteiger partial charge on any atom is -0.381 e. The van der Waals surface area contributed by atoms with Gasteiger partial charge >= 0.3 is 0 Å². The van der Waals surface area contributed by atoms with Crippen molar-refractivity contribution in [2.24, 2.45) is 0 Å². The molecule has 0 aliphatic heterocycles. The molecule has 0 saturated carbocycles. The molecular weight excluding hydrogens is 487 g/mol. The number of halogens is 2. The van der Waals surface area contributed by atoms with Gasteiger partial charge in [0.05, 0.1) is 5.02 Å². The number of anilines is 2. The fraction of sp³-hybridized carbons (Fsp3) is 0.367. The summed E-state index contributed by atoms with van der Waals surface area (Å²) in [6.45, 7) is 11.8. The zero-order valence-corrected chi connectivity index (χ0v) is 23.8. The molecule has 0 fully saturated rings. The molecule has 4 nitrogen and oxygen atoms in total. The van der Waals surface area contributed by atoms with Gasteiger partial charge in [0.1, 0.15) is 5.82 Å². The van der Waals surface area contributed by atoms with E-state index in [0.717, 1.165) is 42.6 Å². The minimum atomic E-state index is 0.661. The predicted molar refractivity (Wildman–Crippen MR) is 159 cm³/mol. The number of nitrogens with one attached hydrogen (secondary N) is 2. The number of pyridine rings is 1. The summed E-state index contributed by atoms with van der Waals surface area (Å²) in [7, 11) is 1.82. The highest BCUT2D eigenvalue weighted by molar-refractivity contribution is 6.30.